The summed E-state index contributed by atoms with van der Waals surface area (Å²) in [5.41, 5.74) is 0.836. The highest BCUT2D eigenvalue weighted by Gasteiger charge is 2.25. The molecule has 172 valence electrons. The minimum atomic E-state index is -3.61. The van der Waals surface area contributed by atoms with E-state index in [1.54, 1.807) is 24.3 Å². The number of benzene rings is 3. The standard InChI is InChI=1S/C25H27N3O4S/c29-24(18-26-25(30)21-13-12-19-8-3-4-9-20(19)16-21)27-22-10-7-11-23(17-22)33(31,32)28-14-5-1-2-6-15-28/h3-4,7-13,16-17H,1-2,5-6,14-15,18H2,(H,26,30)(H,27,29). The lowest BCUT2D eigenvalue weighted by Gasteiger charge is -2.20. The molecule has 0 aliphatic carbocycles. The van der Waals surface area contributed by atoms with Gasteiger partial charge < -0.3 is 10.6 Å². The molecule has 1 aliphatic heterocycles. The van der Waals surface area contributed by atoms with Crippen LogP contribution in [0, 0.1) is 0 Å². The van der Waals surface area contributed by atoms with Crippen LogP contribution in [0.3, 0.4) is 0 Å². The molecule has 1 heterocycles. The molecule has 1 aliphatic rings. The van der Waals surface area contributed by atoms with Crippen molar-refractivity contribution in [1.29, 1.82) is 0 Å². The summed E-state index contributed by atoms with van der Waals surface area (Å²) >= 11 is 0. The molecule has 8 heteroatoms. The molecule has 3 aromatic carbocycles. The number of hydrogen-bond donors (Lipinski definition) is 2. The summed E-state index contributed by atoms with van der Waals surface area (Å²) in [5.74, 6) is -0.790. The van der Waals surface area contributed by atoms with Crippen molar-refractivity contribution in [3.8, 4) is 0 Å². The molecule has 2 N–H and O–H groups in total. The molecular formula is C25H27N3O4S. The Morgan fingerprint density at radius 2 is 1.55 bits per heavy atom. The summed E-state index contributed by atoms with van der Waals surface area (Å²) in [4.78, 5) is 25.0. The number of anilines is 1. The minimum Gasteiger partial charge on any atom is -0.343 e. The van der Waals surface area contributed by atoms with E-state index in [0.717, 1.165) is 36.5 Å². The zero-order chi connectivity index (χ0) is 23.3. The first-order valence-electron chi connectivity index (χ1n) is 11.1. The number of fused-ring (bicyclic) bond motifs is 1. The van der Waals surface area contributed by atoms with Gasteiger partial charge in [0.15, 0.2) is 0 Å². The summed E-state index contributed by atoms with van der Waals surface area (Å²) in [6.07, 6.45) is 3.78. The monoisotopic (exact) mass is 465 g/mol. The van der Waals surface area contributed by atoms with E-state index in [2.05, 4.69) is 10.6 Å². The first-order chi connectivity index (χ1) is 15.9. The molecule has 0 bridgehead atoms. The molecule has 2 amide bonds. The fraction of sp³-hybridized carbons (Fsp3) is 0.280. The Kier molecular flexibility index (Phi) is 7.05. The molecule has 0 spiro atoms. The number of nitrogens with zero attached hydrogens (tertiary/aromatic N) is 1. The van der Waals surface area contributed by atoms with E-state index in [9.17, 15) is 18.0 Å². The van der Waals surface area contributed by atoms with Crippen molar-refractivity contribution in [3.05, 3.63) is 72.3 Å². The van der Waals surface area contributed by atoms with Gasteiger partial charge in [0, 0.05) is 24.3 Å². The van der Waals surface area contributed by atoms with Gasteiger partial charge in [-0.25, -0.2) is 8.42 Å². The second kappa shape index (κ2) is 10.1. The predicted octanol–water partition coefficient (Wildman–Crippen LogP) is 3.77. The van der Waals surface area contributed by atoms with Crippen molar-refractivity contribution in [3.63, 3.8) is 0 Å². The normalized spacial score (nSPS) is 15.0. The molecule has 4 rings (SSSR count). The van der Waals surface area contributed by atoms with Gasteiger partial charge in [-0.05, 0) is 53.9 Å². The molecule has 0 aromatic heterocycles. The number of amides is 2. The highest BCUT2D eigenvalue weighted by atomic mass is 32.2. The second-order valence-electron chi connectivity index (χ2n) is 8.14. The molecule has 0 unspecified atom stereocenters. The first kappa shape index (κ1) is 22.9. The molecule has 1 saturated heterocycles. The molecule has 0 saturated carbocycles. The first-order valence-corrected chi connectivity index (χ1v) is 12.5. The molecule has 0 atom stereocenters. The third kappa shape index (κ3) is 5.58. The van der Waals surface area contributed by atoms with Crippen molar-refractivity contribution in [2.24, 2.45) is 0 Å². The van der Waals surface area contributed by atoms with Gasteiger partial charge in [0.25, 0.3) is 5.91 Å². The maximum Gasteiger partial charge on any atom is 0.251 e. The summed E-state index contributed by atoms with van der Waals surface area (Å²) in [6, 6.07) is 19.3. The SMILES string of the molecule is O=C(CNC(=O)c1ccc2ccccc2c1)Nc1cccc(S(=O)(=O)N2CCCCCC2)c1. The van der Waals surface area contributed by atoms with Gasteiger partial charge in [-0.1, -0.05) is 49.2 Å². The summed E-state index contributed by atoms with van der Waals surface area (Å²) in [7, 11) is -3.61. The smallest absolute Gasteiger partial charge is 0.251 e. The van der Waals surface area contributed by atoms with Crippen LogP contribution in [0.2, 0.25) is 0 Å². The number of carbonyl (C=O) groups is 2. The Bertz CT molecular complexity index is 1270. The van der Waals surface area contributed by atoms with Crippen LogP contribution < -0.4 is 10.6 Å². The third-order valence-corrected chi connectivity index (χ3v) is 7.64. The summed E-state index contributed by atoms with van der Waals surface area (Å²) in [6.45, 7) is 0.800. The molecule has 1 fully saturated rings. The number of carbonyl (C=O) groups excluding carboxylic acids is 2. The molecular weight excluding hydrogens is 438 g/mol. The quantitative estimate of drug-likeness (QED) is 0.579. The fourth-order valence-corrected chi connectivity index (χ4v) is 5.53. The minimum absolute atomic E-state index is 0.155. The van der Waals surface area contributed by atoms with Gasteiger partial charge in [0.1, 0.15) is 0 Å². The van der Waals surface area contributed by atoms with Crippen LogP contribution in [-0.2, 0) is 14.8 Å². The van der Waals surface area contributed by atoms with Crippen LogP contribution in [-0.4, -0.2) is 44.2 Å². The Labute approximate surface area is 193 Å². The fourth-order valence-electron chi connectivity index (χ4n) is 3.96. The van der Waals surface area contributed by atoms with E-state index < -0.39 is 15.9 Å². The van der Waals surface area contributed by atoms with E-state index in [-0.39, 0.29) is 17.3 Å². The van der Waals surface area contributed by atoms with Crippen molar-refractivity contribution in [1.82, 2.24) is 9.62 Å². The van der Waals surface area contributed by atoms with Crippen molar-refractivity contribution in [2.45, 2.75) is 30.6 Å². The van der Waals surface area contributed by atoms with Gasteiger partial charge >= 0.3 is 0 Å². The Morgan fingerprint density at radius 3 is 2.30 bits per heavy atom. The van der Waals surface area contributed by atoms with Gasteiger partial charge in [-0.15, -0.1) is 0 Å². The number of rotatable bonds is 6. The van der Waals surface area contributed by atoms with Crippen LogP contribution in [0.25, 0.3) is 10.8 Å². The van der Waals surface area contributed by atoms with Crippen molar-refractivity contribution >= 4 is 38.3 Å². The topological polar surface area (TPSA) is 95.6 Å². The number of nitrogens with one attached hydrogen (secondary N) is 2. The number of hydrogen-bond acceptors (Lipinski definition) is 4. The highest BCUT2D eigenvalue weighted by Crippen LogP contribution is 2.22. The maximum absolute atomic E-state index is 13.0. The lowest BCUT2D eigenvalue weighted by atomic mass is 10.1. The lowest BCUT2D eigenvalue weighted by molar-refractivity contribution is -0.115. The van der Waals surface area contributed by atoms with Gasteiger partial charge in [0.05, 0.1) is 11.4 Å². The lowest BCUT2D eigenvalue weighted by Crippen LogP contribution is -2.33. The molecule has 0 radical (unpaired) electrons. The van der Waals surface area contributed by atoms with Crippen LogP contribution in [0.4, 0.5) is 5.69 Å². The summed E-state index contributed by atoms with van der Waals surface area (Å²) < 4.78 is 27.5. The van der Waals surface area contributed by atoms with E-state index >= 15 is 0 Å². The van der Waals surface area contributed by atoms with Crippen LogP contribution in [0.5, 0.6) is 0 Å². The average Bonchev–Trinajstić information content (AvgIpc) is 3.13. The van der Waals surface area contributed by atoms with E-state index in [1.807, 2.05) is 30.3 Å². The zero-order valence-corrected chi connectivity index (χ0v) is 19.1. The summed E-state index contributed by atoms with van der Waals surface area (Å²) in [5, 5.41) is 7.25. The van der Waals surface area contributed by atoms with Gasteiger partial charge in [-0.2, -0.15) is 4.31 Å². The van der Waals surface area contributed by atoms with E-state index in [4.69, 9.17) is 0 Å². The Hall–Kier alpha value is -3.23. The largest absolute Gasteiger partial charge is 0.343 e. The van der Waals surface area contributed by atoms with E-state index in [0.29, 0.717) is 24.3 Å². The van der Waals surface area contributed by atoms with Crippen LogP contribution in [0.1, 0.15) is 36.0 Å². The average molecular weight is 466 g/mol. The van der Waals surface area contributed by atoms with Crippen LogP contribution >= 0.6 is 0 Å². The van der Waals surface area contributed by atoms with Gasteiger partial charge in [-0.3, -0.25) is 9.59 Å². The van der Waals surface area contributed by atoms with E-state index in [1.165, 1.54) is 16.4 Å². The molecule has 3 aromatic rings. The molecule has 7 nitrogen and oxygen atoms in total. The second-order valence-corrected chi connectivity index (χ2v) is 10.1. The van der Waals surface area contributed by atoms with Crippen LogP contribution in [0.15, 0.2) is 71.6 Å². The van der Waals surface area contributed by atoms with Crippen molar-refractivity contribution in [2.75, 3.05) is 25.0 Å². The third-order valence-electron chi connectivity index (χ3n) is 5.74. The number of sulfonamides is 1. The predicted molar refractivity (Wildman–Crippen MR) is 129 cm³/mol. The van der Waals surface area contributed by atoms with Crippen molar-refractivity contribution < 1.29 is 18.0 Å². The zero-order valence-electron chi connectivity index (χ0n) is 18.3. The Morgan fingerprint density at radius 1 is 0.818 bits per heavy atom. The highest BCUT2D eigenvalue weighted by molar-refractivity contribution is 7.89. The molecule has 33 heavy (non-hydrogen) atoms. The maximum atomic E-state index is 13.0. The van der Waals surface area contributed by atoms with Gasteiger partial charge in [0.2, 0.25) is 15.9 Å². The Balaban J connectivity index is 1.37.